The fourth-order valence-electron chi connectivity index (χ4n) is 2.23. The second-order valence-corrected chi connectivity index (χ2v) is 5.23. The number of allylic oxidation sites excluding steroid dienone is 4. The quantitative estimate of drug-likeness (QED) is 0.597. The zero-order valence-electron chi connectivity index (χ0n) is 12.3. The summed E-state index contributed by atoms with van der Waals surface area (Å²) >= 11 is 0. The lowest BCUT2D eigenvalue weighted by Gasteiger charge is -2.09. The van der Waals surface area contributed by atoms with Gasteiger partial charge in [-0.3, -0.25) is 0 Å². The Balaban J connectivity index is 1.86. The molecular formula is C19H12F3N. The second-order valence-electron chi connectivity index (χ2n) is 5.23. The van der Waals surface area contributed by atoms with Gasteiger partial charge >= 0.3 is 0 Å². The van der Waals surface area contributed by atoms with Crippen molar-refractivity contribution in [3.8, 4) is 23.0 Å². The molecule has 2 aromatic rings. The van der Waals surface area contributed by atoms with Crippen LogP contribution in [-0.4, -0.2) is 0 Å². The molecule has 2 N–H and O–H groups in total. The van der Waals surface area contributed by atoms with Crippen LogP contribution in [0.25, 0.3) is 11.1 Å². The van der Waals surface area contributed by atoms with Crippen LogP contribution >= 0.6 is 0 Å². The molecule has 0 unspecified atom stereocenters. The summed E-state index contributed by atoms with van der Waals surface area (Å²) in [6, 6.07) is 9.18. The van der Waals surface area contributed by atoms with Gasteiger partial charge in [0.25, 0.3) is 0 Å². The molecule has 1 nitrogen and oxygen atoms in total. The topological polar surface area (TPSA) is 26.0 Å². The Labute approximate surface area is 131 Å². The third-order valence-electron chi connectivity index (χ3n) is 3.61. The van der Waals surface area contributed by atoms with Gasteiger partial charge in [-0.15, -0.1) is 0 Å². The van der Waals surface area contributed by atoms with E-state index in [4.69, 9.17) is 5.73 Å². The molecular weight excluding hydrogens is 299 g/mol. The number of hydrogen-bond donors (Lipinski definition) is 1. The predicted octanol–water partition coefficient (Wildman–Crippen LogP) is 4.75. The van der Waals surface area contributed by atoms with Crippen LogP contribution in [0.15, 0.2) is 59.4 Å². The van der Waals surface area contributed by atoms with Gasteiger partial charge in [0.15, 0.2) is 0 Å². The van der Waals surface area contributed by atoms with Gasteiger partial charge in [0.05, 0.1) is 5.57 Å². The van der Waals surface area contributed by atoms with E-state index in [2.05, 4.69) is 11.8 Å². The molecule has 114 valence electrons. The molecule has 0 bridgehead atoms. The second kappa shape index (κ2) is 5.69. The molecule has 0 aromatic heterocycles. The van der Waals surface area contributed by atoms with Crippen molar-refractivity contribution in [3.63, 3.8) is 0 Å². The zero-order chi connectivity index (χ0) is 16.6. The molecule has 4 heteroatoms. The van der Waals surface area contributed by atoms with E-state index in [0.717, 1.165) is 5.57 Å². The van der Waals surface area contributed by atoms with Crippen molar-refractivity contribution in [1.29, 1.82) is 0 Å². The van der Waals surface area contributed by atoms with Crippen LogP contribution < -0.4 is 5.73 Å². The summed E-state index contributed by atoms with van der Waals surface area (Å²) in [4.78, 5) is 0. The molecule has 2 aromatic carbocycles. The number of anilines is 1. The average molecular weight is 311 g/mol. The summed E-state index contributed by atoms with van der Waals surface area (Å²) in [6.07, 6.45) is 1.43. The van der Waals surface area contributed by atoms with Crippen molar-refractivity contribution < 1.29 is 13.2 Å². The first-order valence-corrected chi connectivity index (χ1v) is 6.91. The molecule has 1 aliphatic carbocycles. The van der Waals surface area contributed by atoms with Gasteiger partial charge in [-0.05, 0) is 54.0 Å². The van der Waals surface area contributed by atoms with Crippen LogP contribution in [0.4, 0.5) is 18.9 Å². The zero-order valence-corrected chi connectivity index (χ0v) is 12.3. The van der Waals surface area contributed by atoms with Crippen molar-refractivity contribution in [2.45, 2.75) is 6.92 Å². The summed E-state index contributed by atoms with van der Waals surface area (Å²) < 4.78 is 40.1. The van der Waals surface area contributed by atoms with Crippen LogP contribution in [0.1, 0.15) is 12.5 Å². The Morgan fingerprint density at radius 1 is 0.870 bits per heavy atom. The lowest BCUT2D eigenvalue weighted by Crippen LogP contribution is -1.96. The van der Waals surface area contributed by atoms with Crippen LogP contribution in [0.2, 0.25) is 0 Å². The Kier molecular flexibility index (Phi) is 3.71. The standard InChI is InChI=1S/C19H12F3N/c1-11-8-16(20)15(11)7-4-12-2-5-13(6-3-12)14-9-17(21)19(23)18(22)10-14/h2-3,5-6,8-10H,23H2,1H3. The minimum absolute atomic E-state index is 0.306. The van der Waals surface area contributed by atoms with E-state index in [0.29, 0.717) is 22.3 Å². The van der Waals surface area contributed by atoms with Gasteiger partial charge in [-0.25, -0.2) is 13.2 Å². The first-order chi connectivity index (χ1) is 11.0. The molecule has 0 atom stereocenters. The molecule has 0 saturated heterocycles. The highest BCUT2D eigenvalue weighted by Gasteiger charge is 2.13. The molecule has 0 amide bonds. The average Bonchev–Trinajstić information content (AvgIpc) is 2.53. The highest BCUT2D eigenvalue weighted by molar-refractivity contribution is 5.67. The van der Waals surface area contributed by atoms with Crippen LogP contribution in [0, 0.1) is 23.5 Å². The molecule has 3 rings (SSSR count). The van der Waals surface area contributed by atoms with E-state index in [1.807, 2.05) is 0 Å². The third-order valence-corrected chi connectivity index (χ3v) is 3.61. The Morgan fingerprint density at radius 3 is 2.00 bits per heavy atom. The van der Waals surface area contributed by atoms with Crippen molar-refractivity contribution in [1.82, 2.24) is 0 Å². The molecule has 0 spiro atoms. The van der Waals surface area contributed by atoms with E-state index in [-0.39, 0.29) is 5.83 Å². The highest BCUT2D eigenvalue weighted by atomic mass is 19.1. The summed E-state index contributed by atoms with van der Waals surface area (Å²) in [5, 5.41) is 0. The van der Waals surface area contributed by atoms with Gasteiger partial charge in [0, 0.05) is 5.56 Å². The Morgan fingerprint density at radius 2 is 1.48 bits per heavy atom. The fourth-order valence-corrected chi connectivity index (χ4v) is 2.23. The predicted molar refractivity (Wildman–Crippen MR) is 85.0 cm³/mol. The van der Waals surface area contributed by atoms with Gasteiger partial charge in [-0.2, -0.15) is 0 Å². The van der Waals surface area contributed by atoms with E-state index in [9.17, 15) is 13.2 Å². The lowest BCUT2D eigenvalue weighted by molar-refractivity contribution is 0.592. The number of rotatable bonds is 1. The van der Waals surface area contributed by atoms with Crippen LogP contribution in [0.3, 0.4) is 0 Å². The maximum absolute atomic E-state index is 13.5. The first kappa shape index (κ1) is 15.0. The van der Waals surface area contributed by atoms with Crippen LogP contribution in [0.5, 0.6) is 0 Å². The highest BCUT2D eigenvalue weighted by Crippen LogP contribution is 2.28. The molecule has 0 fully saturated rings. The summed E-state index contributed by atoms with van der Waals surface area (Å²) in [5.74, 6) is 3.74. The maximum Gasteiger partial charge on any atom is 0.149 e. The van der Waals surface area contributed by atoms with Crippen molar-refractivity contribution >= 4 is 5.69 Å². The van der Waals surface area contributed by atoms with Gasteiger partial charge < -0.3 is 5.73 Å². The fraction of sp³-hybridized carbons (Fsp3) is 0.0526. The molecule has 0 aliphatic heterocycles. The van der Waals surface area contributed by atoms with Crippen LogP contribution in [-0.2, 0) is 0 Å². The number of hydrogen-bond acceptors (Lipinski definition) is 1. The van der Waals surface area contributed by atoms with E-state index < -0.39 is 17.3 Å². The summed E-state index contributed by atoms with van der Waals surface area (Å²) in [5.41, 5.74) is 7.71. The summed E-state index contributed by atoms with van der Waals surface area (Å²) in [6.45, 7) is 1.79. The maximum atomic E-state index is 13.5. The van der Waals surface area contributed by atoms with Crippen molar-refractivity contribution in [2.75, 3.05) is 5.73 Å². The molecule has 0 heterocycles. The van der Waals surface area contributed by atoms with Crippen molar-refractivity contribution in [3.05, 3.63) is 76.6 Å². The molecule has 0 saturated carbocycles. The molecule has 1 aliphatic rings. The monoisotopic (exact) mass is 311 g/mol. The van der Waals surface area contributed by atoms with E-state index in [1.54, 1.807) is 31.2 Å². The smallest absolute Gasteiger partial charge is 0.149 e. The first-order valence-electron chi connectivity index (χ1n) is 6.91. The van der Waals surface area contributed by atoms with Gasteiger partial charge in [0.2, 0.25) is 0 Å². The number of benzene rings is 2. The molecule has 23 heavy (non-hydrogen) atoms. The largest absolute Gasteiger partial charge is 0.394 e. The normalized spacial score (nSPS) is 13.1. The Bertz CT molecular complexity index is 887. The molecule has 0 radical (unpaired) electrons. The lowest BCUT2D eigenvalue weighted by atomic mass is 9.97. The SMILES string of the molecule is CC1=CC(F)=C1C#Cc1ccc(-c2cc(F)c(N)c(F)c2)cc1. The van der Waals surface area contributed by atoms with Gasteiger partial charge in [0.1, 0.15) is 23.1 Å². The number of nitrogen functional groups attached to an aromatic ring is 1. The minimum Gasteiger partial charge on any atom is -0.394 e. The minimum atomic E-state index is -0.793. The third kappa shape index (κ3) is 2.86. The number of halogens is 3. The van der Waals surface area contributed by atoms with Crippen molar-refractivity contribution in [2.24, 2.45) is 0 Å². The Hall–Kier alpha value is -2.93. The van der Waals surface area contributed by atoms with E-state index >= 15 is 0 Å². The number of nitrogens with two attached hydrogens (primary N) is 1. The summed E-state index contributed by atoms with van der Waals surface area (Å²) in [7, 11) is 0. The van der Waals surface area contributed by atoms with E-state index in [1.165, 1.54) is 18.2 Å². The van der Waals surface area contributed by atoms with Gasteiger partial charge in [-0.1, -0.05) is 24.0 Å².